The SMILES string of the molecule is COc1ccc(NC(=O)c2ccc(NC(=O)[C@@H](NC(=O)c3ccccc3F)C(C)C)cc2)cc1. The highest BCUT2D eigenvalue weighted by atomic mass is 19.1. The summed E-state index contributed by atoms with van der Waals surface area (Å²) < 4.78 is 19.0. The van der Waals surface area contributed by atoms with Crippen molar-refractivity contribution in [1.29, 1.82) is 0 Å². The Morgan fingerprint density at radius 3 is 1.97 bits per heavy atom. The molecule has 1 atom stereocenters. The van der Waals surface area contributed by atoms with Gasteiger partial charge in [-0.15, -0.1) is 0 Å². The number of amides is 3. The molecule has 8 heteroatoms. The molecule has 0 fully saturated rings. The second kappa shape index (κ2) is 11.1. The number of methoxy groups -OCH3 is 1. The monoisotopic (exact) mass is 463 g/mol. The summed E-state index contributed by atoms with van der Waals surface area (Å²) in [5, 5.41) is 8.11. The molecule has 3 aromatic rings. The number of hydrogen-bond donors (Lipinski definition) is 3. The Bertz CT molecular complexity index is 1160. The predicted octanol–water partition coefficient (Wildman–Crippen LogP) is 4.48. The van der Waals surface area contributed by atoms with Gasteiger partial charge in [0.15, 0.2) is 0 Å². The lowest BCUT2D eigenvalue weighted by atomic mass is 10.0. The van der Waals surface area contributed by atoms with Crippen molar-refractivity contribution in [2.45, 2.75) is 19.9 Å². The van der Waals surface area contributed by atoms with E-state index in [2.05, 4.69) is 16.0 Å². The molecule has 0 saturated heterocycles. The molecule has 3 N–H and O–H groups in total. The van der Waals surface area contributed by atoms with E-state index < -0.39 is 23.7 Å². The number of halogens is 1. The maximum Gasteiger partial charge on any atom is 0.255 e. The van der Waals surface area contributed by atoms with E-state index in [1.54, 1.807) is 75.6 Å². The highest BCUT2D eigenvalue weighted by Gasteiger charge is 2.25. The Balaban J connectivity index is 1.63. The van der Waals surface area contributed by atoms with Crippen molar-refractivity contribution in [3.63, 3.8) is 0 Å². The quantitative estimate of drug-likeness (QED) is 0.459. The summed E-state index contributed by atoms with van der Waals surface area (Å²) >= 11 is 0. The van der Waals surface area contributed by atoms with E-state index in [4.69, 9.17) is 4.74 Å². The highest BCUT2D eigenvalue weighted by molar-refractivity contribution is 6.05. The molecular weight excluding hydrogens is 437 g/mol. The molecule has 0 bridgehead atoms. The van der Waals surface area contributed by atoms with Crippen LogP contribution in [0.15, 0.2) is 72.8 Å². The third-order valence-electron chi connectivity index (χ3n) is 5.12. The van der Waals surface area contributed by atoms with Crippen molar-refractivity contribution >= 4 is 29.1 Å². The summed E-state index contributed by atoms with van der Waals surface area (Å²) in [6.07, 6.45) is 0. The lowest BCUT2D eigenvalue weighted by Crippen LogP contribution is -2.47. The van der Waals surface area contributed by atoms with E-state index in [0.29, 0.717) is 22.7 Å². The minimum absolute atomic E-state index is 0.131. The first-order valence-electron chi connectivity index (χ1n) is 10.7. The average molecular weight is 464 g/mol. The molecule has 0 aliphatic heterocycles. The van der Waals surface area contributed by atoms with Gasteiger partial charge in [0.05, 0.1) is 12.7 Å². The van der Waals surface area contributed by atoms with Crippen LogP contribution in [0.5, 0.6) is 5.75 Å². The number of nitrogens with one attached hydrogen (secondary N) is 3. The van der Waals surface area contributed by atoms with Gasteiger partial charge in [-0.1, -0.05) is 26.0 Å². The van der Waals surface area contributed by atoms with Crippen molar-refractivity contribution < 1.29 is 23.5 Å². The van der Waals surface area contributed by atoms with Crippen LogP contribution in [0.25, 0.3) is 0 Å². The molecule has 34 heavy (non-hydrogen) atoms. The molecule has 176 valence electrons. The molecular formula is C26H26FN3O4. The minimum Gasteiger partial charge on any atom is -0.497 e. The average Bonchev–Trinajstić information content (AvgIpc) is 2.83. The molecule has 3 rings (SSSR count). The first kappa shape index (κ1) is 24.4. The van der Waals surface area contributed by atoms with Crippen molar-refractivity contribution in [3.8, 4) is 5.75 Å². The van der Waals surface area contributed by atoms with E-state index in [-0.39, 0.29) is 17.4 Å². The number of benzene rings is 3. The number of ether oxygens (including phenoxy) is 1. The van der Waals surface area contributed by atoms with Gasteiger partial charge in [-0.25, -0.2) is 4.39 Å². The fraction of sp³-hybridized carbons (Fsp3) is 0.192. The van der Waals surface area contributed by atoms with E-state index in [1.165, 1.54) is 18.2 Å². The predicted molar refractivity (Wildman–Crippen MR) is 129 cm³/mol. The minimum atomic E-state index is -0.884. The number of carbonyl (C=O) groups excluding carboxylic acids is 3. The molecule has 3 aromatic carbocycles. The Kier molecular flexibility index (Phi) is 7.97. The van der Waals surface area contributed by atoms with E-state index in [0.717, 1.165) is 0 Å². The molecule has 0 spiro atoms. The summed E-state index contributed by atoms with van der Waals surface area (Å²) in [6.45, 7) is 3.55. The van der Waals surface area contributed by atoms with E-state index >= 15 is 0 Å². The van der Waals surface area contributed by atoms with Gasteiger partial charge in [0.2, 0.25) is 5.91 Å². The molecule has 3 amide bonds. The van der Waals surface area contributed by atoms with Gasteiger partial charge in [0.25, 0.3) is 11.8 Å². The van der Waals surface area contributed by atoms with E-state index in [9.17, 15) is 18.8 Å². The summed E-state index contributed by atoms with van der Waals surface area (Å²) in [5.74, 6) is -1.65. The highest BCUT2D eigenvalue weighted by Crippen LogP contribution is 2.17. The topological polar surface area (TPSA) is 96.5 Å². The maximum absolute atomic E-state index is 13.9. The largest absolute Gasteiger partial charge is 0.497 e. The van der Waals surface area contributed by atoms with E-state index in [1.807, 2.05) is 0 Å². The molecule has 0 unspecified atom stereocenters. The van der Waals surface area contributed by atoms with Crippen LogP contribution in [-0.2, 0) is 4.79 Å². The normalized spacial score (nSPS) is 11.4. The number of rotatable bonds is 8. The molecule has 0 radical (unpaired) electrons. The molecule has 0 saturated carbocycles. The first-order chi connectivity index (χ1) is 16.3. The third-order valence-corrected chi connectivity index (χ3v) is 5.12. The molecule has 0 aliphatic rings. The van der Waals surface area contributed by atoms with Gasteiger partial charge in [0, 0.05) is 16.9 Å². The van der Waals surface area contributed by atoms with Gasteiger partial charge in [-0.3, -0.25) is 14.4 Å². The number of carbonyl (C=O) groups is 3. The van der Waals surface area contributed by atoms with Crippen LogP contribution in [-0.4, -0.2) is 30.9 Å². The van der Waals surface area contributed by atoms with Crippen LogP contribution in [0, 0.1) is 11.7 Å². The lowest BCUT2D eigenvalue weighted by Gasteiger charge is -2.22. The van der Waals surface area contributed by atoms with Crippen LogP contribution in [0.3, 0.4) is 0 Å². The fourth-order valence-corrected chi connectivity index (χ4v) is 3.20. The first-order valence-corrected chi connectivity index (χ1v) is 10.7. The van der Waals surface area contributed by atoms with Gasteiger partial charge < -0.3 is 20.7 Å². The second-order valence-electron chi connectivity index (χ2n) is 7.92. The Morgan fingerprint density at radius 2 is 1.38 bits per heavy atom. The zero-order valence-electron chi connectivity index (χ0n) is 19.1. The van der Waals surface area contributed by atoms with Crippen molar-refractivity contribution in [2.24, 2.45) is 5.92 Å². The van der Waals surface area contributed by atoms with Crippen LogP contribution in [0.4, 0.5) is 15.8 Å². The van der Waals surface area contributed by atoms with Gasteiger partial charge >= 0.3 is 0 Å². The summed E-state index contributed by atoms with van der Waals surface area (Å²) in [6, 6.07) is 18.0. The van der Waals surface area contributed by atoms with Crippen LogP contribution in [0.1, 0.15) is 34.6 Å². The van der Waals surface area contributed by atoms with Crippen molar-refractivity contribution in [3.05, 3.63) is 89.7 Å². The number of anilines is 2. The smallest absolute Gasteiger partial charge is 0.255 e. The molecule has 7 nitrogen and oxygen atoms in total. The van der Waals surface area contributed by atoms with Gasteiger partial charge in [-0.05, 0) is 66.6 Å². The molecule has 0 aromatic heterocycles. The summed E-state index contributed by atoms with van der Waals surface area (Å²) in [7, 11) is 1.56. The molecule has 0 aliphatic carbocycles. The standard InChI is InChI=1S/C26H26FN3O4/c1-16(2)23(30-25(32)21-6-4-5-7-22(21)27)26(33)29-18-10-8-17(9-11-18)24(31)28-19-12-14-20(34-3)15-13-19/h4-16,23H,1-3H3,(H,28,31)(H,29,33)(H,30,32)/t23-/m0/s1. The summed E-state index contributed by atoms with van der Waals surface area (Å²) in [4.78, 5) is 37.7. The zero-order chi connectivity index (χ0) is 24.7. The fourth-order valence-electron chi connectivity index (χ4n) is 3.20. The zero-order valence-corrected chi connectivity index (χ0v) is 19.1. The Morgan fingerprint density at radius 1 is 0.794 bits per heavy atom. The maximum atomic E-state index is 13.9. The molecule has 0 heterocycles. The van der Waals surface area contributed by atoms with Crippen molar-refractivity contribution in [1.82, 2.24) is 5.32 Å². The third kappa shape index (κ3) is 6.19. The Hall–Kier alpha value is -4.20. The lowest BCUT2D eigenvalue weighted by molar-refractivity contribution is -0.118. The Labute approximate surface area is 197 Å². The second-order valence-corrected chi connectivity index (χ2v) is 7.92. The van der Waals surface area contributed by atoms with Gasteiger partial charge in [0.1, 0.15) is 17.6 Å². The van der Waals surface area contributed by atoms with Crippen LogP contribution < -0.4 is 20.7 Å². The summed E-state index contributed by atoms with van der Waals surface area (Å²) in [5.41, 5.74) is 1.35. The van der Waals surface area contributed by atoms with Crippen LogP contribution >= 0.6 is 0 Å². The van der Waals surface area contributed by atoms with Crippen LogP contribution in [0.2, 0.25) is 0 Å². The van der Waals surface area contributed by atoms with Crippen molar-refractivity contribution in [2.75, 3.05) is 17.7 Å². The number of hydrogen-bond acceptors (Lipinski definition) is 4. The van der Waals surface area contributed by atoms with Gasteiger partial charge in [-0.2, -0.15) is 0 Å².